The van der Waals surface area contributed by atoms with Crippen LogP contribution in [0.3, 0.4) is 0 Å². The third-order valence-electron chi connectivity index (χ3n) is 5.21. The molecule has 0 aliphatic carbocycles. The van der Waals surface area contributed by atoms with E-state index in [0.29, 0.717) is 29.6 Å². The van der Waals surface area contributed by atoms with Gasteiger partial charge in [0.1, 0.15) is 18.3 Å². The third kappa shape index (κ3) is 8.74. The Hall–Kier alpha value is -2.78. The summed E-state index contributed by atoms with van der Waals surface area (Å²) in [5.41, 5.74) is 1.05. The molecule has 0 heterocycles. The summed E-state index contributed by atoms with van der Waals surface area (Å²) in [6.07, 6.45) is 1.04. The molecule has 0 saturated carbocycles. The maximum absolute atomic E-state index is 13.5. The quantitative estimate of drug-likeness (QED) is 0.457. The number of hydrogen-bond acceptors (Lipinski definition) is 5. The van der Waals surface area contributed by atoms with Gasteiger partial charge in [-0.05, 0) is 61.7 Å². The highest BCUT2D eigenvalue weighted by molar-refractivity contribution is 7.92. The van der Waals surface area contributed by atoms with E-state index in [1.165, 1.54) is 4.90 Å². The van der Waals surface area contributed by atoms with Crippen molar-refractivity contribution in [1.82, 2.24) is 10.2 Å². The molecular formula is C25H34ClN3O5S. The number of benzene rings is 2. The van der Waals surface area contributed by atoms with Gasteiger partial charge in [-0.3, -0.25) is 13.9 Å². The average molecular weight is 524 g/mol. The standard InChI is InChI=1S/C25H34ClN3O5S/c1-6-34-23-12-10-22(11-13-23)29(35(5,32)33)17-24(30)28(16-20-8-7-9-21(26)14-20)19(4)25(31)27-15-18(2)3/h7-14,18-19H,6,15-17H2,1-5H3,(H,27,31)/t19-/m1/s1. The molecule has 192 valence electrons. The molecule has 2 aromatic carbocycles. The minimum atomic E-state index is -3.80. The van der Waals surface area contributed by atoms with Crippen LogP contribution < -0.4 is 14.4 Å². The van der Waals surface area contributed by atoms with Crippen LogP contribution in [0.2, 0.25) is 5.02 Å². The Bertz CT molecular complexity index is 1110. The fourth-order valence-corrected chi connectivity index (χ4v) is 4.42. The van der Waals surface area contributed by atoms with Gasteiger partial charge in [0.15, 0.2) is 0 Å². The van der Waals surface area contributed by atoms with Crippen molar-refractivity contribution in [3.8, 4) is 5.75 Å². The normalized spacial score (nSPS) is 12.2. The van der Waals surface area contributed by atoms with Crippen LogP contribution in [0.15, 0.2) is 48.5 Å². The van der Waals surface area contributed by atoms with Gasteiger partial charge in [0, 0.05) is 18.1 Å². The molecule has 0 spiro atoms. The number of carbonyl (C=O) groups is 2. The zero-order valence-electron chi connectivity index (χ0n) is 20.8. The summed E-state index contributed by atoms with van der Waals surface area (Å²) in [4.78, 5) is 27.7. The first-order chi connectivity index (χ1) is 16.4. The Kier molecular flexibility index (Phi) is 10.4. The molecule has 35 heavy (non-hydrogen) atoms. The second-order valence-electron chi connectivity index (χ2n) is 8.66. The molecule has 2 rings (SSSR count). The van der Waals surface area contributed by atoms with Gasteiger partial charge in [0.25, 0.3) is 0 Å². The van der Waals surface area contributed by atoms with Crippen LogP contribution in [-0.4, -0.2) is 57.1 Å². The number of rotatable bonds is 12. The Balaban J connectivity index is 2.35. The highest BCUT2D eigenvalue weighted by atomic mass is 35.5. The molecule has 0 aliphatic rings. The van der Waals surface area contributed by atoms with Crippen LogP contribution >= 0.6 is 11.6 Å². The maximum atomic E-state index is 13.5. The number of halogens is 1. The lowest BCUT2D eigenvalue weighted by molar-refractivity contribution is -0.139. The van der Waals surface area contributed by atoms with Crippen molar-refractivity contribution in [2.45, 2.75) is 40.3 Å². The van der Waals surface area contributed by atoms with E-state index in [1.807, 2.05) is 20.8 Å². The summed E-state index contributed by atoms with van der Waals surface area (Å²) >= 11 is 6.11. The molecule has 1 N–H and O–H groups in total. The fraction of sp³-hybridized carbons (Fsp3) is 0.440. The average Bonchev–Trinajstić information content (AvgIpc) is 2.79. The van der Waals surface area contributed by atoms with Crippen molar-refractivity contribution in [3.63, 3.8) is 0 Å². The first-order valence-electron chi connectivity index (χ1n) is 11.4. The first-order valence-corrected chi connectivity index (χ1v) is 13.7. The van der Waals surface area contributed by atoms with E-state index >= 15 is 0 Å². The molecule has 1 atom stereocenters. The first kappa shape index (κ1) is 28.5. The number of anilines is 1. The monoisotopic (exact) mass is 523 g/mol. The molecule has 0 saturated heterocycles. The molecule has 2 amide bonds. The van der Waals surface area contributed by atoms with Crippen molar-refractivity contribution in [2.75, 3.05) is 30.3 Å². The van der Waals surface area contributed by atoms with Crippen LogP contribution in [0.25, 0.3) is 0 Å². The Morgan fingerprint density at radius 2 is 1.74 bits per heavy atom. The van der Waals surface area contributed by atoms with Gasteiger partial charge in [-0.1, -0.05) is 37.6 Å². The van der Waals surface area contributed by atoms with Crippen LogP contribution in [0, 0.1) is 5.92 Å². The van der Waals surface area contributed by atoms with Crippen molar-refractivity contribution >= 4 is 39.1 Å². The smallest absolute Gasteiger partial charge is 0.244 e. The van der Waals surface area contributed by atoms with Crippen molar-refractivity contribution in [1.29, 1.82) is 0 Å². The summed E-state index contributed by atoms with van der Waals surface area (Å²) < 4.78 is 31.7. The molecule has 0 fully saturated rings. The summed E-state index contributed by atoms with van der Waals surface area (Å²) in [7, 11) is -3.80. The van der Waals surface area contributed by atoms with E-state index in [-0.39, 0.29) is 18.4 Å². The second-order valence-corrected chi connectivity index (χ2v) is 11.0. The van der Waals surface area contributed by atoms with Crippen LogP contribution in [0.5, 0.6) is 5.75 Å². The Morgan fingerprint density at radius 1 is 1.09 bits per heavy atom. The highest BCUT2D eigenvalue weighted by Crippen LogP contribution is 2.23. The number of carbonyl (C=O) groups excluding carboxylic acids is 2. The predicted molar refractivity (Wildman–Crippen MR) is 139 cm³/mol. The Labute approximate surface area is 213 Å². The summed E-state index contributed by atoms with van der Waals surface area (Å²) in [5.74, 6) is -0.00444. The molecule has 0 aliphatic heterocycles. The summed E-state index contributed by atoms with van der Waals surface area (Å²) in [6, 6.07) is 12.6. The number of sulfonamides is 1. The van der Waals surface area contributed by atoms with Gasteiger partial charge in [0.2, 0.25) is 21.8 Å². The van der Waals surface area contributed by atoms with Gasteiger partial charge in [0.05, 0.1) is 18.6 Å². The number of hydrogen-bond donors (Lipinski definition) is 1. The van der Waals surface area contributed by atoms with Crippen LogP contribution in [-0.2, 0) is 26.2 Å². The van der Waals surface area contributed by atoms with Crippen molar-refractivity contribution < 1.29 is 22.7 Å². The second kappa shape index (κ2) is 12.8. The van der Waals surface area contributed by atoms with Gasteiger partial charge in [-0.15, -0.1) is 0 Å². The minimum Gasteiger partial charge on any atom is -0.494 e. The van der Waals surface area contributed by atoms with Gasteiger partial charge >= 0.3 is 0 Å². The molecule has 0 bridgehead atoms. The molecule has 8 nitrogen and oxygen atoms in total. The predicted octanol–water partition coefficient (Wildman–Crippen LogP) is 3.69. The molecule has 0 radical (unpaired) electrons. The number of amides is 2. The van der Waals surface area contributed by atoms with Gasteiger partial charge < -0.3 is 15.0 Å². The van der Waals surface area contributed by atoms with Crippen molar-refractivity contribution in [3.05, 3.63) is 59.1 Å². The Morgan fingerprint density at radius 3 is 2.29 bits per heavy atom. The van der Waals surface area contributed by atoms with Gasteiger partial charge in [-0.25, -0.2) is 8.42 Å². The summed E-state index contributed by atoms with van der Waals surface area (Å²) in [5, 5.41) is 3.34. The number of nitrogens with one attached hydrogen (secondary N) is 1. The SMILES string of the molecule is CCOc1ccc(N(CC(=O)N(Cc2cccc(Cl)c2)[C@H](C)C(=O)NCC(C)C)S(C)(=O)=O)cc1. The van der Waals surface area contributed by atoms with E-state index in [4.69, 9.17) is 16.3 Å². The highest BCUT2D eigenvalue weighted by Gasteiger charge is 2.30. The van der Waals surface area contributed by atoms with Gasteiger partial charge in [-0.2, -0.15) is 0 Å². The van der Waals surface area contributed by atoms with Crippen molar-refractivity contribution in [2.24, 2.45) is 5.92 Å². The molecule has 10 heteroatoms. The molecular weight excluding hydrogens is 490 g/mol. The van der Waals surface area contributed by atoms with E-state index in [9.17, 15) is 18.0 Å². The largest absolute Gasteiger partial charge is 0.494 e. The van der Waals surface area contributed by atoms with E-state index in [0.717, 1.165) is 16.1 Å². The lowest BCUT2D eigenvalue weighted by Gasteiger charge is -2.31. The molecule has 2 aromatic rings. The van der Waals surface area contributed by atoms with E-state index in [2.05, 4.69) is 5.32 Å². The fourth-order valence-electron chi connectivity index (χ4n) is 3.36. The van der Waals surface area contributed by atoms with E-state index < -0.39 is 28.5 Å². The zero-order valence-corrected chi connectivity index (χ0v) is 22.4. The maximum Gasteiger partial charge on any atom is 0.244 e. The number of nitrogens with zero attached hydrogens (tertiary/aromatic N) is 2. The van der Waals surface area contributed by atoms with E-state index in [1.54, 1.807) is 55.5 Å². The number of ether oxygens (including phenoxy) is 1. The third-order valence-corrected chi connectivity index (χ3v) is 6.58. The molecule has 0 aromatic heterocycles. The lowest BCUT2D eigenvalue weighted by atomic mass is 10.1. The minimum absolute atomic E-state index is 0.0938. The van der Waals surface area contributed by atoms with Crippen LogP contribution in [0.1, 0.15) is 33.3 Å². The molecule has 0 unspecified atom stereocenters. The topological polar surface area (TPSA) is 96.0 Å². The summed E-state index contributed by atoms with van der Waals surface area (Å²) in [6.45, 7) is 7.99. The van der Waals surface area contributed by atoms with Crippen LogP contribution in [0.4, 0.5) is 5.69 Å². The lowest BCUT2D eigenvalue weighted by Crippen LogP contribution is -2.51. The zero-order chi connectivity index (χ0) is 26.2.